The van der Waals surface area contributed by atoms with Crippen molar-refractivity contribution < 1.29 is 0 Å². The number of hydrogen-bond acceptors (Lipinski definition) is 2. The van der Waals surface area contributed by atoms with Gasteiger partial charge in [0.1, 0.15) is 0 Å². The van der Waals surface area contributed by atoms with E-state index in [0.29, 0.717) is 0 Å². The van der Waals surface area contributed by atoms with Gasteiger partial charge in [0.15, 0.2) is 0 Å². The predicted octanol–water partition coefficient (Wildman–Crippen LogP) is 3.34. The van der Waals surface area contributed by atoms with E-state index in [0.717, 1.165) is 35.2 Å². The van der Waals surface area contributed by atoms with E-state index in [2.05, 4.69) is 50.5 Å². The van der Waals surface area contributed by atoms with E-state index in [1.54, 1.807) is 0 Å². The van der Waals surface area contributed by atoms with Crippen LogP contribution in [0.4, 0.5) is 0 Å². The number of halogens is 1. The third-order valence-electron chi connectivity index (χ3n) is 2.57. The maximum atomic E-state index is 4.13. The van der Waals surface area contributed by atoms with Gasteiger partial charge in [0.2, 0.25) is 0 Å². The lowest BCUT2D eigenvalue weighted by atomic mass is 10.1. The molecular formula is C13H16BrN3. The molecule has 0 saturated heterocycles. The molecule has 4 heteroatoms. The Hall–Kier alpha value is -1.13. The van der Waals surface area contributed by atoms with Crippen molar-refractivity contribution in [3.8, 4) is 11.3 Å². The lowest BCUT2D eigenvalue weighted by Gasteiger charge is -2.05. The molecule has 0 radical (unpaired) electrons. The molecule has 17 heavy (non-hydrogen) atoms. The number of benzene rings is 1. The second kappa shape index (κ2) is 5.98. The Balaban J connectivity index is 2.18. The molecule has 0 fully saturated rings. The molecule has 1 aromatic heterocycles. The number of aromatic amines is 1. The molecule has 90 valence electrons. The van der Waals surface area contributed by atoms with Crippen LogP contribution in [0.15, 0.2) is 34.9 Å². The average Bonchev–Trinajstić information content (AvgIpc) is 2.78. The van der Waals surface area contributed by atoms with Crippen LogP contribution in [0.5, 0.6) is 0 Å². The van der Waals surface area contributed by atoms with Crippen LogP contribution in [-0.4, -0.2) is 16.7 Å². The van der Waals surface area contributed by atoms with Crippen molar-refractivity contribution in [1.29, 1.82) is 0 Å². The van der Waals surface area contributed by atoms with E-state index in [1.165, 1.54) is 5.56 Å². The van der Waals surface area contributed by atoms with E-state index >= 15 is 0 Å². The second-order valence-corrected chi connectivity index (χ2v) is 4.87. The molecule has 3 nitrogen and oxygen atoms in total. The fraction of sp³-hybridized carbons (Fsp3) is 0.308. The van der Waals surface area contributed by atoms with Gasteiger partial charge in [-0.3, -0.25) is 5.10 Å². The molecule has 1 heterocycles. The van der Waals surface area contributed by atoms with Gasteiger partial charge in [-0.2, -0.15) is 5.10 Å². The molecule has 0 unspecified atom stereocenters. The molecule has 0 amide bonds. The first-order chi connectivity index (χ1) is 8.31. The largest absolute Gasteiger partial charge is 0.313 e. The highest BCUT2D eigenvalue weighted by Gasteiger charge is 2.07. The second-order valence-electron chi connectivity index (χ2n) is 3.96. The van der Waals surface area contributed by atoms with E-state index in [-0.39, 0.29) is 0 Å². The highest BCUT2D eigenvalue weighted by Crippen LogP contribution is 2.23. The Morgan fingerprint density at radius 3 is 3.06 bits per heavy atom. The number of aromatic nitrogens is 2. The maximum Gasteiger partial charge on any atom is 0.0695 e. The average molecular weight is 294 g/mol. The minimum Gasteiger partial charge on any atom is -0.313 e. The van der Waals surface area contributed by atoms with Gasteiger partial charge in [0, 0.05) is 22.1 Å². The maximum absolute atomic E-state index is 4.13. The van der Waals surface area contributed by atoms with Gasteiger partial charge >= 0.3 is 0 Å². The topological polar surface area (TPSA) is 40.7 Å². The van der Waals surface area contributed by atoms with Gasteiger partial charge in [0.05, 0.1) is 11.9 Å². The molecule has 2 aromatic rings. The molecule has 0 aliphatic heterocycles. The summed E-state index contributed by atoms with van der Waals surface area (Å²) in [6, 6.07) is 8.23. The summed E-state index contributed by atoms with van der Waals surface area (Å²) in [5.41, 5.74) is 3.46. The molecule has 0 atom stereocenters. The van der Waals surface area contributed by atoms with Gasteiger partial charge < -0.3 is 5.32 Å². The molecule has 0 saturated carbocycles. The molecule has 1 aromatic carbocycles. The zero-order valence-electron chi connectivity index (χ0n) is 9.83. The van der Waals surface area contributed by atoms with Gasteiger partial charge in [-0.05, 0) is 25.1 Å². The van der Waals surface area contributed by atoms with Gasteiger partial charge in [-0.1, -0.05) is 35.0 Å². The SMILES string of the molecule is CCCNCc1cn[nH]c1-c1cccc(Br)c1. The third kappa shape index (κ3) is 3.17. The molecular weight excluding hydrogens is 278 g/mol. The smallest absolute Gasteiger partial charge is 0.0695 e. The van der Waals surface area contributed by atoms with Crippen LogP contribution in [0.3, 0.4) is 0 Å². The first-order valence-electron chi connectivity index (χ1n) is 5.80. The lowest BCUT2D eigenvalue weighted by molar-refractivity contribution is 0.676. The minimum absolute atomic E-state index is 0.853. The van der Waals surface area contributed by atoms with Crippen molar-refractivity contribution >= 4 is 15.9 Å². The van der Waals surface area contributed by atoms with Crippen LogP contribution >= 0.6 is 15.9 Å². The van der Waals surface area contributed by atoms with Gasteiger partial charge in [0.25, 0.3) is 0 Å². The summed E-state index contributed by atoms with van der Waals surface area (Å²) < 4.78 is 1.08. The van der Waals surface area contributed by atoms with Crippen molar-refractivity contribution in [3.05, 3.63) is 40.5 Å². The van der Waals surface area contributed by atoms with E-state index < -0.39 is 0 Å². The fourth-order valence-electron chi connectivity index (χ4n) is 1.74. The zero-order valence-corrected chi connectivity index (χ0v) is 11.4. The summed E-state index contributed by atoms with van der Waals surface area (Å²) in [6.07, 6.45) is 3.03. The summed E-state index contributed by atoms with van der Waals surface area (Å²) in [5.74, 6) is 0. The van der Waals surface area contributed by atoms with Gasteiger partial charge in [-0.15, -0.1) is 0 Å². The Bertz CT molecular complexity index is 479. The lowest BCUT2D eigenvalue weighted by Crippen LogP contribution is -2.13. The third-order valence-corrected chi connectivity index (χ3v) is 3.07. The highest BCUT2D eigenvalue weighted by atomic mass is 79.9. The number of nitrogens with one attached hydrogen (secondary N) is 2. The number of hydrogen-bond donors (Lipinski definition) is 2. The van der Waals surface area contributed by atoms with Crippen molar-refractivity contribution in [3.63, 3.8) is 0 Å². The first-order valence-corrected chi connectivity index (χ1v) is 6.59. The Morgan fingerprint density at radius 1 is 1.41 bits per heavy atom. The standard InChI is InChI=1S/C13H16BrN3/c1-2-6-15-8-11-9-16-17-13(11)10-4-3-5-12(14)7-10/h3-5,7,9,15H,2,6,8H2,1H3,(H,16,17). The number of nitrogens with zero attached hydrogens (tertiary/aromatic N) is 1. The normalized spacial score (nSPS) is 10.7. The Labute approximate surface area is 110 Å². The Morgan fingerprint density at radius 2 is 2.29 bits per heavy atom. The van der Waals surface area contributed by atoms with Crippen molar-refractivity contribution in [2.75, 3.05) is 6.54 Å². The Kier molecular flexibility index (Phi) is 4.34. The first kappa shape index (κ1) is 12.3. The van der Waals surface area contributed by atoms with Gasteiger partial charge in [-0.25, -0.2) is 0 Å². The minimum atomic E-state index is 0.853. The van der Waals surface area contributed by atoms with E-state index in [4.69, 9.17) is 0 Å². The predicted molar refractivity (Wildman–Crippen MR) is 73.7 cm³/mol. The van der Waals surface area contributed by atoms with E-state index in [9.17, 15) is 0 Å². The van der Waals surface area contributed by atoms with Crippen LogP contribution < -0.4 is 5.32 Å². The quantitative estimate of drug-likeness (QED) is 0.830. The van der Waals surface area contributed by atoms with Crippen LogP contribution in [-0.2, 0) is 6.54 Å². The number of H-pyrrole nitrogens is 1. The summed E-state index contributed by atoms with van der Waals surface area (Å²) in [6.45, 7) is 4.05. The molecule has 0 spiro atoms. The van der Waals surface area contributed by atoms with Crippen LogP contribution in [0.1, 0.15) is 18.9 Å². The van der Waals surface area contributed by atoms with E-state index in [1.807, 2.05) is 18.3 Å². The summed E-state index contributed by atoms with van der Waals surface area (Å²) >= 11 is 3.49. The van der Waals surface area contributed by atoms with Crippen LogP contribution in [0.25, 0.3) is 11.3 Å². The number of rotatable bonds is 5. The summed E-state index contributed by atoms with van der Waals surface area (Å²) in [7, 11) is 0. The van der Waals surface area contributed by atoms with Crippen LogP contribution in [0.2, 0.25) is 0 Å². The molecule has 2 N–H and O–H groups in total. The molecule has 2 rings (SSSR count). The van der Waals surface area contributed by atoms with Crippen molar-refractivity contribution in [2.45, 2.75) is 19.9 Å². The van der Waals surface area contributed by atoms with Crippen molar-refractivity contribution in [2.24, 2.45) is 0 Å². The summed E-state index contributed by atoms with van der Waals surface area (Å²) in [4.78, 5) is 0. The van der Waals surface area contributed by atoms with Crippen LogP contribution in [0, 0.1) is 0 Å². The summed E-state index contributed by atoms with van der Waals surface area (Å²) in [5, 5.41) is 10.6. The molecule has 0 aliphatic carbocycles. The monoisotopic (exact) mass is 293 g/mol. The van der Waals surface area contributed by atoms with Crippen molar-refractivity contribution in [1.82, 2.24) is 15.5 Å². The zero-order chi connectivity index (χ0) is 12.1. The molecule has 0 aliphatic rings. The highest BCUT2D eigenvalue weighted by molar-refractivity contribution is 9.10. The fourth-order valence-corrected chi connectivity index (χ4v) is 2.14. The molecule has 0 bridgehead atoms.